The minimum atomic E-state index is -0.00574. The summed E-state index contributed by atoms with van der Waals surface area (Å²) in [6.07, 6.45) is 1.07. The van der Waals surface area contributed by atoms with Gasteiger partial charge < -0.3 is 10.2 Å². The van der Waals surface area contributed by atoms with Crippen molar-refractivity contribution in [3.63, 3.8) is 0 Å². The molecular weight excluding hydrogens is 236 g/mol. The van der Waals surface area contributed by atoms with Crippen molar-refractivity contribution in [2.24, 2.45) is 0 Å². The third kappa shape index (κ3) is 4.06. The van der Waals surface area contributed by atoms with Crippen molar-refractivity contribution in [2.45, 2.75) is 38.6 Å². The number of benzene rings is 1. The summed E-state index contributed by atoms with van der Waals surface area (Å²) in [5, 5.41) is 3.26. The molecule has 1 aromatic rings. The third-order valence-corrected chi connectivity index (χ3v) is 3.58. The first-order valence-electron chi connectivity index (χ1n) is 7.03. The lowest BCUT2D eigenvalue weighted by molar-refractivity contribution is -0.129. The maximum atomic E-state index is 12.1. The summed E-state index contributed by atoms with van der Waals surface area (Å²) >= 11 is 0. The van der Waals surface area contributed by atoms with Crippen molar-refractivity contribution in [3.8, 4) is 0 Å². The molecule has 1 aromatic carbocycles. The second-order valence-corrected chi connectivity index (χ2v) is 6.34. The fourth-order valence-electron chi connectivity index (χ4n) is 2.44. The van der Waals surface area contributed by atoms with Gasteiger partial charge in [0.25, 0.3) is 0 Å². The van der Waals surface area contributed by atoms with E-state index in [1.54, 1.807) is 0 Å². The highest BCUT2D eigenvalue weighted by Gasteiger charge is 2.27. The van der Waals surface area contributed by atoms with Gasteiger partial charge >= 0.3 is 0 Å². The topological polar surface area (TPSA) is 32.3 Å². The lowest BCUT2D eigenvalue weighted by atomic mass is 9.99. The first kappa shape index (κ1) is 14.1. The van der Waals surface area contributed by atoms with Crippen LogP contribution in [0.25, 0.3) is 0 Å². The zero-order valence-electron chi connectivity index (χ0n) is 12.1. The first-order valence-corrected chi connectivity index (χ1v) is 7.03. The predicted molar refractivity (Wildman–Crippen MR) is 78.1 cm³/mol. The number of hydrogen-bond donors (Lipinski definition) is 1. The fraction of sp³-hybridized carbons (Fsp3) is 0.562. The third-order valence-electron chi connectivity index (χ3n) is 3.58. The first-order chi connectivity index (χ1) is 8.96. The molecule has 19 heavy (non-hydrogen) atoms. The van der Waals surface area contributed by atoms with Crippen LogP contribution in [0.2, 0.25) is 0 Å². The number of likely N-dealkylation sites (tertiary alicyclic amines) is 1. The summed E-state index contributed by atoms with van der Waals surface area (Å²) in [6, 6.07) is 10.5. The molecule has 1 fully saturated rings. The van der Waals surface area contributed by atoms with Crippen molar-refractivity contribution in [2.75, 3.05) is 19.6 Å². The van der Waals surface area contributed by atoms with Crippen molar-refractivity contribution in [3.05, 3.63) is 35.9 Å². The molecule has 1 amide bonds. The van der Waals surface area contributed by atoms with Crippen LogP contribution < -0.4 is 5.32 Å². The average Bonchev–Trinajstić information content (AvgIpc) is 2.86. The second-order valence-electron chi connectivity index (χ2n) is 6.34. The highest BCUT2D eigenvalue weighted by atomic mass is 16.2. The van der Waals surface area contributed by atoms with E-state index in [1.807, 2.05) is 11.0 Å². The number of rotatable bonds is 3. The van der Waals surface area contributed by atoms with Crippen molar-refractivity contribution in [1.82, 2.24) is 10.2 Å². The van der Waals surface area contributed by atoms with Gasteiger partial charge in [-0.1, -0.05) is 30.3 Å². The van der Waals surface area contributed by atoms with Gasteiger partial charge in [0.15, 0.2) is 0 Å². The molecule has 0 aromatic heterocycles. The number of nitrogens with one attached hydrogen (secondary N) is 1. The fourth-order valence-corrected chi connectivity index (χ4v) is 2.44. The van der Waals surface area contributed by atoms with Gasteiger partial charge in [-0.2, -0.15) is 0 Å². The Morgan fingerprint density at radius 3 is 2.63 bits per heavy atom. The Bertz CT molecular complexity index is 422. The Morgan fingerprint density at radius 2 is 2.00 bits per heavy atom. The van der Waals surface area contributed by atoms with Crippen LogP contribution in [0.3, 0.4) is 0 Å². The monoisotopic (exact) mass is 260 g/mol. The molecule has 104 valence electrons. The summed E-state index contributed by atoms with van der Waals surface area (Å²) in [6.45, 7) is 8.41. The molecule has 3 nitrogen and oxygen atoms in total. The van der Waals surface area contributed by atoms with Crippen molar-refractivity contribution >= 4 is 5.91 Å². The minimum absolute atomic E-state index is 0.00574. The Hall–Kier alpha value is -1.35. The lowest BCUT2D eigenvalue weighted by Crippen LogP contribution is -2.44. The molecule has 0 spiro atoms. The number of nitrogens with zero attached hydrogens (tertiary/aromatic N) is 1. The van der Waals surface area contributed by atoms with E-state index in [4.69, 9.17) is 0 Å². The van der Waals surface area contributed by atoms with E-state index in [0.29, 0.717) is 12.5 Å². The van der Waals surface area contributed by atoms with E-state index in [1.165, 1.54) is 5.56 Å². The molecule has 0 radical (unpaired) electrons. The highest BCUT2D eigenvalue weighted by molar-refractivity contribution is 5.78. The summed E-state index contributed by atoms with van der Waals surface area (Å²) in [7, 11) is 0. The summed E-state index contributed by atoms with van der Waals surface area (Å²) < 4.78 is 0. The number of amides is 1. The van der Waals surface area contributed by atoms with E-state index in [-0.39, 0.29) is 11.4 Å². The molecule has 1 aliphatic rings. The molecule has 0 bridgehead atoms. The van der Waals surface area contributed by atoms with Gasteiger partial charge in [-0.15, -0.1) is 0 Å². The van der Waals surface area contributed by atoms with Gasteiger partial charge in [-0.05, 0) is 32.8 Å². The van der Waals surface area contributed by atoms with E-state index >= 15 is 0 Å². The quantitative estimate of drug-likeness (QED) is 0.905. The Balaban J connectivity index is 1.86. The van der Waals surface area contributed by atoms with E-state index in [2.05, 4.69) is 50.4 Å². The maximum Gasteiger partial charge on any atom is 0.236 e. The highest BCUT2D eigenvalue weighted by Crippen LogP contribution is 2.26. The SMILES string of the molecule is CC(C)(C)NCC(=O)N1CCC(c2ccccc2)C1. The van der Waals surface area contributed by atoms with Gasteiger partial charge in [0, 0.05) is 24.5 Å². The standard InChI is InChI=1S/C16H24N2O/c1-16(2,3)17-11-15(19)18-10-9-14(12-18)13-7-5-4-6-8-13/h4-8,14,17H,9-12H2,1-3H3. The van der Waals surface area contributed by atoms with Gasteiger partial charge in [0.1, 0.15) is 0 Å². The predicted octanol–water partition coefficient (Wildman–Crippen LogP) is 2.39. The van der Waals surface area contributed by atoms with E-state index in [9.17, 15) is 4.79 Å². The number of hydrogen-bond acceptors (Lipinski definition) is 2. The molecule has 1 saturated heterocycles. The minimum Gasteiger partial charge on any atom is -0.341 e. The molecule has 1 heterocycles. The van der Waals surface area contributed by atoms with Gasteiger partial charge in [0.05, 0.1) is 6.54 Å². The molecule has 3 heteroatoms. The smallest absolute Gasteiger partial charge is 0.236 e. The van der Waals surface area contributed by atoms with Crippen LogP contribution in [-0.4, -0.2) is 36.0 Å². The molecule has 0 aliphatic carbocycles. The molecule has 0 saturated carbocycles. The van der Waals surface area contributed by atoms with Crippen LogP contribution in [0.1, 0.15) is 38.7 Å². The summed E-state index contributed by atoms with van der Waals surface area (Å²) in [5.74, 6) is 0.716. The normalized spacial score (nSPS) is 19.7. The van der Waals surface area contributed by atoms with Gasteiger partial charge in [0.2, 0.25) is 5.91 Å². The lowest BCUT2D eigenvalue weighted by Gasteiger charge is -2.23. The molecule has 1 aliphatic heterocycles. The Labute approximate surface area is 116 Å². The summed E-state index contributed by atoms with van der Waals surface area (Å²) in [5.41, 5.74) is 1.34. The zero-order valence-corrected chi connectivity index (χ0v) is 12.1. The van der Waals surface area contributed by atoms with E-state index in [0.717, 1.165) is 19.5 Å². The molecule has 1 unspecified atom stereocenters. The van der Waals surface area contributed by atoms with Crippen LogP contribution in [-0.2, 0) is 4.79 Å². The Morgan fingerprint density at radius 1 is 1.32 bits per heavy atom. The summed E-state index contributed by atoms with van der Waals surface area (Å²) in [4.78, 5) is 14.1. The number of carbonyl (C=O) groups excluding carboxylic acids is 1. The van der Waals surface area contributed by atoms with E-state index < -0.39 is 0 Å². The largest absolute Gasteiger partial charge is 0.341 e. The average molecular weight is 260 g/mol. The maximum absolute atomic E-state index is 12.1. The van der Waals surface area contributed by atoms with Crippen LogP contribution >= 0.6 is 0 Å². The number of carbonyl (C=O) groups is 1. The molecule has 2 rings (SSSR count). The zero-order chi connectivity index (χ0) is 13.9. The van der Waals surface area contributed by atoms with Crippen LogP contribution in [0, 0.1) is 0 Å². The molecule has 1 atom stereocenters. The van der Waals surface area contributed by atoms with Crippen molar-refractivity contribution in [1.29, 1.82) is 0 Å². The van der Waals surface area contributed by atoms with Crippen LogP contribution in [0.5, 0.6) is 0 Å². The molecule has 1 N–H and O–H groups in total. The molecular formula is C16H24N2O. The van der Waals surface area contributed by atoms with Crippen LogP contribution in [0.15, 0.2) is 30.3 Å². The van der Waals surface area contributed by atoms with Gasteiger partial charge in [-0.3, -0.25) is 4.79 Å². The second kappa shape index (κ2) is 5.74. The Kier molecular flexibility index (Phi) is 4.25. The van der Waals surface area contributed by atoms with Crippen LogP contribution in [0.4, 0.5) is 0 Å². The van der Waals surface area contributed by atoms with Gasteiger partial charge in [-0.25, -0.2) is 0 Å². The van der Waals surface area contributed by atoms with Crippen molar-refractivity contribution < 1.29 is 4.79 Å².